The van der Waals surface area contributed by atoms with Gasteiger partial charge in [0, 0.05) is 44.2 Å². The lowest BCUT2D eigenvalue weighted by Crippen LogP contribution is -2.52. The number of carbonyl (C=O) groups excluding carboxylic acids is 2. The van der Waals surface area contributed by atoms with Crippen LogP contribution in [0.2, 0.25) is 0 Å². The molecule has 2 atom stereocenters. The molecule has 1 aliphatic carbocycles. The Bertz CT molecular complexity index is 727. The molecule has 0 aromatic carbocycles. The van der Waals surface area contributed by atoms with Crippen LogP contribution >= 0.6 is 0 Å². The fourth-order valence-electron chi connectivity index (χ4n) is 5.05. The lowest BCUT2D eigenvalue weighted by Gasteiger charge is -2.47. The molecular weight excluding hydrogens is 354 g/mol. The van der Waals surface area contributed by atoms with Crippen LogP contribution in [0.1, 0.15) is 56.3 Å². The number of hydrogen-bond acceptors (Lipinski definition) is 5. The number of aryl methyl sites for hydroxylation is 1. The van der Waals surface area contributed by atoms with Crippen LogP contribution in [0.3, 0.4) is 0 Å². The molecule has 7 heteroatoms. The van der Waals surface area contributed by atoms with E-state index in [1.54, 1.807) is 12.4 Å². The molecule has 152 valence electrons. The fourth-order valence-corrected chi connectivity index (χ4v) is 5.05. The zero-order valence-corrected chi connectivity index (χ0v) is 16.8. The molecule has 0 bridgehead atoms. The van der Waals surface area contributed by atoms with Gasteiger partial charge in [0.2, 0.25) is 11.8 Å². The highest BCUT2D eigenvalue weighted by atomic mass is 16.2. The molecule has 2 aliphatic heterocycles. The van der Waals surface area contributed by atoms with Gasteiger partial charge in [-0.2, -0.15) is 0 Å². The predicted molar refractivity (Wildman–Crippen MR) is 105 cm³/mol. The minimum atomic E-state index is 0.119. The van der Waals surface area contributed by atoms with Gasteiger partial charge in [-0.05, 0) is 50.9 Å². The van der Waals surface area contributed by atoms with Gasteiger partial charge in [0.05, 0.1) is 24.1 Å². The summed E-state index contributed by atoms with van der Waals surface area (Å²) in [5.41, 5.74) is 7.83. The number of nitrogens with zero attached hydrogens (tertiary/aromatic N) is 4. The summed E-state index contributed by atoms with van der Waals surface area (Å²) < 4.78 is 0. The van der Waals surface area contributed by atoms with Crippen molar-refractivity contribution in [3.8, 4) is 0 Å². The number of hydrogen-bond donors (Lipinski definition) is 1. The van der Waals surface area contributed by atoms with E-state index in [9.17, 15) is 9.59 Å². The minimum absolute atomic E-state index is 0.119. The van der Waals surface area contributed by atoms with Crippen molar-refractivity contribution in [2.45, 2.75) is 64.5 Å². The highest BCUT2D eigenvalue weighted by Crippen LogP contribution is 2.41. The van der Waals surface area contributed by atoms with Gasteiger partial charge >= 0.3 is 0 Å². The molecule has 1 aromatic rings. The number of aromatic nitrogens is 2. The molecule has 4 rings (SSSR count). The summed E-state index contributed by atoms with van der Waals surface area (Å²) in [6, 6.07) is 0.188. The van der Waals surface area contributed by atoms with Crippen molar-refractivity contribution in [2.75, 3.05) is 19.6 Å². The molecule has 0 radical (unpaired) electrons. The number of nitrogens with two attached hydrogens (primary N) is 1. The Morgan fingerprint density at radius 1 is 1.21 bits per heavy atom. The third kappa shape index (κ3) is 4.04. The first kappa shape index (κ1) is 19.3. The van der Waals surface area contributed by atoms with Crippen LogP contribution in [0.5, 0.6) is 0 Å². The zero-order chi connectivity index (χ0) is 19.7. The largest absolute Gasteiger partial charge is 0.342 e. The van der Waals surface area contributed by atoms with Crippen LogP contribution in [0.25, 0.3) is 0 Å². The number of carbonyl (C=O) groups is 2. The van der Waals surface area contributed by atoms with E-state index in [1.165, 1.54) is 0 Å². The summed E-state index contributed by atoms with van der Waals surface area (Å²) in [6.45, 7) is 4.80. The Morgan fingerprint density at radius 2 is 2.00 bits per heavy atom. The van der Waals surface area contributed by atoms with Crippen molar-refractivity contribution in [1.82, 2.24) is 19.8 Å². The summed E-state index contributed by atoms with van der Waals surface area (Å²) in [5.74, 6) is 0.613. The molecule has 1 spiro atoms. The third-order valence-electron chi connectivity index (χ3n) is 6.89. The van der Waals surface area contributed by atoms with E-state index in [4.69, 9.17) is 5.73 Å². The standard InChI is InChI=1S/C21H31N5O2/c1-15-11-24-18(12-23-15)13-26-14-21(5-4-19(26)27)6-8-25(9-7-21)20(28)16-2-3-17(22)10-16/h11-12,16-17H,2-10,13-14,22H2,1H3/t16-,17+/m0/s1. The van der Waals surface area contributed by atoms with Gasteiger partial charge in [0.15, 0.2) is 0 Å². The smallest absolute Gasteiger partial charge is 0.225 e. The van der Waals surface area contributed by atoms with Gasteiger partial charge in [-0.1, -0.05) is 0 Å². The van der Waals surface area contributed by atoms with Crippen molar-refractivity contribution in [2.24, 2.45) is 17.1 Å². The summed E-state index contributed by atoms with van der Waals surface area (Å²) >= 11 is 0. The van der Waals surface area contributed by atoms with E-state index in [2.05, 4.69) is 9.97 Å². The van der Waals surface area contributed by atoms with Crippen molar-refractivity contribution in [3.63, 3.8) is 0 Å². The van der Waals surface area contributed by atoms with Gasteiger partial charge in [-0.15, -0.1) is 0 Å². The van der Waals surface area contributed by atoms with Crippen molar-refractivity contribution < 1.29 is 9.59 Å². The molecule has 3 fully saturated rings. The van der Waals surface area contributed by atoms with Gasteiger partial charge in [-0.3, -0.25) is 19.6 Å². The minimum Gasteiger partial charge on any atom is -0.342 e. The molecule has 1 aromatic heterocycles. The molecule has 28 heavy (non-hydrogen) atoms. The zero-order valence-electron chi connectivity index (χ0n) is 16.8. The Hall–Kier alpha value is -2.02. The molecule has 2 N–H and O–H groups in total. The van der Waals surface area contributed by atoms with Crippen LogP contribution in [0.4, 0.5) is 0 Å². The number of rotatable bonds is 3. The highest BCUT2D eigenvalue weighted by Gasteiger charge is 2.42. The predicted octanol–water partition coefficient (Wildman–Crippen LogP) is 1.64. The van der Waals surface area contributed by atoms with E-state index in [0.29, 0.717) is 18.9 Å². The second-order valence-electron chi connectivity index (χ2n) is 8.99. The van der Waals surface area contributed by atoms with E-state index in [1.807, 2.05) is 16.7 Å². The second kappa shape index (κ2) is 7.78. The Morgan fingerprint density at radius 3 is 2.64 bits per heavy atom. The van der Waals surface area contributed by atoms with E-state index in [0.717, 1.165) is 69.5 Å². The second-order valence-corrected chi connectivity index (χ2v) is 8.99. The van der Waals surface area contributed by atoms with Crippen LogP contribution in [-0.4, -0.2) is 57.3 Å². The quantitative estimate of drug-likeness (QED) is 0.854. The topological polar surface area (TPSA) is 92.4 Å². The molecule has 2 saturated heterocycles. The number of likely N-dealkylation sites (tertiary alicyclic amines) is 2. The number of piperidine rings is 2. The molecular formula is C21H31N5O2. The lowest BCUT2D eigenvalue weighted by atomic mass is 9.72. The fraction of sp³-hybridized carbons (Fsp3) is 0.714. The molecule has 3 aliphatic rings. The van der Waals surface area contributed by atoms with Crippen molar-refractivity contribution >= 4 is 11.8 Å². The highest BCUT2D eigenvalue weighted by molar-refractivity contribution is 5.79. The van der Waals surface area contributed by atoms with Gasteiger partial charge in [0.1, 0.15) is 0 Å². The Balaban J connectivity index is 1.35. The first-order valence-corrected chi connectivity index (χ1v) is 10.5. The van der Waals surface area contributed by atoms with E-state index < -0.39 is 0 Å². The SMILES string of the molecule is Cc1cnc(CN2CC3(CCC2=O)CCN(C(=O)[C@H]2CC[C@@H](N)C2)CC3)cn1. The van der Waals surface area contributed by atoms with Crippen LogP contribution in [0.15, 0.2) is 12.4 Å². The van der Waals surface area contributed by atoms with Crippen LogP contribution in [-0.2, 0) is 16.1 Å². The summed E-state index contributed by atoms with van der Waals surface area (Å²) in [5, 5.41) is 0. The molecule has 1 saturated carbocycles. The number of amides is 2. The Labute approximate surface area is 166 Å². The third-order valence-corrected chi connectivity index (χ3v) is 6.89. The maximum Gasteiger partial charge on any atom is 0.225 e. The van der Waals surface area contributed by atoms with Crippen molar-refractivity contribution in [1.29, 1.82) is 0 Å². The summed E-state index contributed by atoms with van der Waals surface area (Å²) in [4.78, 5) is 37.9. The van der Waals surface area contributed by atoms with Crippen LogP contribution < -0.4 is 5.73 Å². The van der Waals surface area contributed by atoms with Gasteiger partial charge < -0.3 is 15.5 Å². The molecule has 2 amide bonds. The first-order valence-electron chi connectivity index (χ1n) is 10.5. The average molecular weight is 386 g/mol. The van der Waals surface area contributed by atoms with E-state index >= 15 is 0 Å². The van der Waals surface area contributed by atoms with Crippen LogP contribution in [0, 0.1) is 18.3 Å². The maximum atomic E-state index is 12.8. The maximum absolute atomic E-state index is 12.8. The van der Waals surface area contributed by atoms with E-state index in [-0.39, 0.29) is 23.3 Å². The first-order chi connectivity index (χ1) is 13.4. The van der Waals surface area contributed by atoms with Gasteiger partial charge in [0.25, 0.3) is 0 Å². The van der Waals surface area contributed by atoms with Crippen molar-refractivity contribution in [3.05, 3.63) is 23.8 Å². The van der Waals surface area contributed by atoms with Gasteiger partial charge in [-0.25, -0.2) is 0 Å². The average Bonchev–Trinajstić information content (AvgIpc) is 3.13. The lowest BCUT2D eigenvalue weighted by molar-refractivity contribution is -0.144. The molecule has 0 unspecified atom stereocenters. The molecule has 7 nitrogen and oxygen atoms in total. The molecule has 3 heterocycles. The summed E-state index contributed by atoms with van der Waals surface area (Å²) in [6.07, 6.45) is 9.70. The normalized spacial score (nSPS) is 27.4. The Kier molecular flexibility index (Phi) is 5.36. The summed E-state index contributed by atoms with van der Waals surface area (Å²) in [7, 11) is 0. The monoisotopic (exact) mass is 385 g/mol.